The van der Waals surface area contributed by atoms with Gasteiger partial charge in [-0.2, -0.15) is 0 Å². The lowest BCUT2D eigenvalue weighted by molar-refractivity contribution is -0.386. The van der Waals surface area contributed by atoms with Crippen LogP contribution in [0.4, 0.5) is 0 Å². The largest absolute Gasteiger partial charge is 0.482 e. The van der Waals surface area contributed by atoms with E-state index in [-0.39, 0.29) is 12.6 Å². The molecule has 0 aliphatic heterocycles. The van der Waals surface area contributed by atoms with E-state index in [0.717, 1.165) is 12.1 Å². The molecule has 14 heavy (non-hydrogen) atoms. The Kier molecular flexibility index (Phi) is 3.94. The fourth-order valence-corrected chi connectivity index (χ4v) is 0.954. The molecule has 0 radical (unpaired) electrons. The molecule has 1 rings (SSSR count). The van der Waals surface area contributed by atoms with E-state index in [0.29, 0.717) is 5.75 Å². The molecule has 0 aliphatic carbocycles. The summed E-state index contributed by atoms with van der Waals surface area (Å²) in [5.41, 5.74) is 4.89. The standard InChI is InChI=1S/C10H13NO3/c1-13-10(12)7-14-9-4-2-8(6-11)3-5-9/h2-5H,6-7,11H2,1H3/p+1. The van der Waals surface area contributed by atoms with Gasteiger partial charge in [0.25, 0.3) is 0 Å². The summed E-state index contributed by atoms with van der Waals surface area (Å²) in [6.45, 7) is 0.692. The van der Waals surface area contributed by atoms with Crippen molar-refractivity contribution in [3.05, 3.63) is 29.8 Å². The molecule has 1 aromatic carbocycles. The average molecular weight is 196 g/mol. The minimum Gasteiger partial charge on any atom is -0.482 e. The lowest BCUT2D eigenvalue weighted by Crippen LogP contribution is -2.47. The van der Waals surface area contributed by atoms with Crippen LogP contribution in [0, 0.1) is 0 Å². The molecule has 0 atom stereocenters. The number of carbonyl (C=O) groups is 1. The van der Waals surface area contributed by atoms with E-state index in [9.17, 15) is 4.79 Å². The van der Waals surface area contributed by atoms with Gasteiger partial charge in [-0.1, -0.05) is 0 Å². The summed E-state index contributed by atoms with van der Waals surface area (Å²) in [6, 6.07) is 7.45. The van der Waals surface area contributed by atoms with Gasteiger partial charge in [0.15, 0.2) is 6.61 Å². The van der Waals surface area contributed by atoms with Gasteiger partial charge in [-0.05, 0) is 24.3 Å². The normalized spacial score (nSPS) is 9.57. The van der Waals surface area contributed by atoms with Gasteiger partial charge in [0.05, 0.1) is 13.7 Å². The zero-order valence-electron chi connectivity index (χ0n) is 8.16. The molecular weight excluding hydrogens is 182 g/mol. The summed E-state index contributed by atoms with van der Waals surface area (Å²) in [7, 11) is 1.33. The quantitative estimate of drug-likeness (QED) is 0.688. The summed E-state index contributed by atoms with van der Waals surface area (Å²) in [5, 5.41) is 0. The lowest BCUT2D eigenvalue weighted by Gasteiger charge is -2.04. The van der Waals surface area contributed by atoms with E-state index in [1.165, 1.54) is 7.11 Å². The van der Waals surface area contributed by atoms with E-state index >= 15 is 0 Å². The highest BCUT2D eigenvalue weighted by atomic mass is 16.6. The summed E-state index contributed by atoms with van der Waals surface area (Å²) >= 11 is 0. The summed E-state index contributed by atoms with van der Waals surface area (Å²) in [5.74, 6) is 0.277. The van der Waals surface area contributed by atoms with Crippen molar-refractivity contribution in [1.82, 2.24) is 0 Å². The Labute approximate surface area is 82.6 Å². The Hall–Kier alpha value is -1.55. The van der Waals surface area contributed by atoms with Crippen LogP contribution in [0.15, 0.2) is 24.3 Å². The lowest BCUT2D eigenvalue weighted by atomic mass is 10.2. The van der Waals surface area contributed by atoms with Crippen LogP contribution < -0.4 is 10.5 Å². The molecule has 3 N–H and O–H groups in total. The van der Waals surface area contributed by atoms with Crippen LogP contribution >= 0.6 is 0 Å². The monoisotopic (exact) mass is 196 g/mol. The van der Waals surface area contributed by atoms with E-state index in [2.05, 4.69) is 10.5 Å². The van der Waals surface area contributed by atoms with Crippen LogP contribution in [0.2, 0.25) is 0 Å². The third-order valence-electron chi connectivity index (χ3n) is 1.80. The Balaban J connectivity index is 2.47. The molecular formula is C10H14NO3+. The maximum Gasteiger partial charge on any atom is 0.343 e. The van der Waals surface area contributed by atoms with Crippen molar-refractivity contribution in [1.29, 1.82) is 0 Å². The minimum absolute atomic E-state index is 0.0553. The Bertz CT molecular complexity index is 295. The van der Waals surface area contributed by atoms with E-state index in [4.69, 9.17) is 4.74 Å². The highest BCUT2D eigenvalue weighted by molar-refractivity contribution is 5.70. The molecule has 0 heterocycles. The molecule has 1 aromatic rings. The Morgan fingerprint density at radius 1 is 1.36 bits per heavy atom. The van der Waals surface area contributed by atoms with Crippen LogP contribution in [0.3, 0.4) is 0 Å². The van der Waals surface area contributed by atoms with E-state index < -0.39 is 0 Å². The number of ether oxygens (including phenoxy) is 2. The zero-order chi connectivity index (χ0) is 10.4. The van der Waals surface area contributed by atoms with Gasteiger partial charge in [0.1, 0.15) is 5.75 Å². The van der Waals surface area contributed by atoms with Crippen molar-refractivity contribution in [2.75, 3.05) is 13.7 Å². The fourth-order valence-electron chi connectivity index (χ4n) is 0.954. The second-order valence-corrected chi connectivity index (χ2v) is 2.76. The minimum atomic E-state index is -0.383. The molecule has 0 bridgehead atoms. The van der Waals surface area contributed by atoms with Crippen LogP contribution in [-0.4, -0.2) is 19.7 Å². The average Bonchev–Trinajstić information content (AvgIpc) is 2.26. The fraction of sp³-hybridized carbons (Fsp3) is 0.300. The van der Waals surface area contributed by atoms with Gasteiger partial charge >= 0.3 is 5.97 Å². The number of esters is 1. The number of carbonyl (C=O) groups excluding carboxylic acids is 1. The van der Waals surface area contributed by atoms with Crippen molar-refractivity contribution in [2.24, 2.45) is 0 Å². The second kappa shape index (κ2) is 5.24. The first-order chi connectivity index (χ1) is 6.76. The predicted molar refractivity (Wildman–Crippen MR) is 50.5 cm³/mol. The molecule has 0 fully saturated rings. The number of benzene rings is 1. The van der Waals surface area contributed by atoms with Gasteiger partial charge in [-0.15, -0.1) is 0 Å². The molecule has 0 aromatic heterocycles. The highest BCUT2D eigenvalue weighted by Crippen LogP contribution is 2.11. The van der Waals surface area contributed by atoms with Gasteiger partial charge < -0.3 is 15.2 Å². The molecule has 0 unspecified atom stereocenters. The van der Waals surface area contributed by atoms with Gasteiger partial charge in [0.2, 0.25) is 0 Å². The second-order valence-electron chi connectivity index (χ2n) is 2.76. The van der Waals surface area contributed by atoms with Crippen molar-refractivity contribution in [3.8, 4) is 5.75 Å². The van der Waals surface area contributed by atoms with Crippen LogP contribution in [0.1, 0.15) is 5.56 Å². The first kappa shape index (κ1) is 10.5. The van der Waals surface area contributed by atoms with Crippen molar-refractivity contribution in [2.45, 2.75) is 6.54 Å². The number of methoxy groups -OCH3 is 1. The number of hydrogen-bond donors (Lipinski definition) is 1. The predicted octanol–water partition coefficient (Wildman–Crippen LogP) is -0.0197. The maximum atomic E-state index is 10.8. The molecule has 0 saturated carbocycles. The molecule has 0 saturated heterocycles. The number of quaternary nitrogens is 1. The van der Waals surface area contributed by atoms with Crippen molar-refractivity contribution >= 4 is 5.97 Å². The summed E-state index contributed by atoms with van der Waals surface area (Å²) < 4.78 is 9.61. The van der Waals surface area contributed by atoms with Gasteiger partial charge in [-0.3, -0.25) is 0 Å². The van der Waals surface area contributed by atoms with E-state index in [1.807, 2.05) is 24.3 Å². The van der Waals surface area contributed by atoms with Crippen LogP contribution in [0.5, 0.6) is 5.75 Å². The molecule has 4 nitrogen and oxygen atoms in total. The van der Waals surface area contributed by atoms with E-state index in [1.54, 1.807) is 0 Å². The SMILES string of the molecule is COC(=O)COc1ccc(C[NH3+])cc1. The molecule has 0 aliphatic rings. The summed E-state index contributed by atoms with van der Waals surface area (Å²) in [4.78, 5) is 10.8. The Morgan fingerprint density at radius 3 is 2.50 bits per heavy atom. The highest BCUT2D eigenvalue weighted by Gasteiger charge is 2.01. The topological polar surface area (TPSA) is 63.2 Å². The van der Waals surface area contributed by atoms with Crippen LogP contribution in [-0.2, 0) is 16.1 Å². The zero-order valence-corrected chi connectivity index (χ0v) is 8.16. The first-order valence-electron chi connectivity index (χ1n) is 4.34. The third kappa shape index (κ3) is 3.06. The maximum absolute atomic E-state index is 10.8. The smallest absolute Gasteiger partial charge is 0.343 e. The number of rotatable bonds is 4. The molecule has 0 spiro atoms. The Morgan fingerprint density at radius 2 is 2.00 bits per heavy atom. The van der Waals surface area contributed by atoms with Crippen LogP contribution in [0.25, 0.3) is 0 Å². The number of hydrogen-bond acceptors (Lipinski definition) is 3. The van der Waals surface area contributed by atoms with Crippen molar-refractivity contribution in [3.63, 3.8) is 0 Å². The van der Waals surface area contributed by atoms with Gasteiger partial charge in [0, 0.05) is 5.56 Å². The van der Waals surface area contributed by atoms with Gasteiger partial charge in [-0.25, -0.2) is 4.79 Å². The third-order valence-corrected chi connectivity index (χ3v) is 1.80. The molecule has 4 heteroatoms. The molecule has 0 amide bonds. The summed E-state index contributed by atoms with van der Waals surface area (Å²) in [6.07, 6.45) is 0. The van der Waals surface area contributed by atoms with Crippen molar-refractivity contribution < 1.29 is 20.0 Å². The molecule has 76 valence electrons. The first-order valence-corrected chi connectivity index (χ1v) is 4.34.